The Bertz CT molecular complexity index is 728. The molecule has 0 spiro atoms. The van der Waals surface area contributed by atoms with Crippen molar-refractivity contribution >= 4 is 11.6 Å². The summed E-state index contributed by atoms with van der Waals surface area (Å²) in [6.07, 6.45) is 2.56. The van der Waals surface area contributed by atoms with E-state index in [9.17, 15) is 4.79 Å². The SMILES string of the molecule is CCOc1ccc([C@@H]2CCCN2C(=O)CCNc2ccc(OC)cc2)cc1. The second kappa shape index (κ2) is 9.31. The Kier molecular flexibility index (Phi) is 6.58. The molecule has 1 N–H and O–H groups in total. The number of carbonyl (C=O) groups is 1. The third-order valence-electron chi connectivity index (χ3n) is 4.91. The van der Waals surface area contributed by atoms with Crippen molar-refractivity contribution in [1.82, 2.24) is 4.90 Å². The molecule has 5 heteroatoms. The molecule has 3 rings (SSSR count). The Balaban J connectivity index is 1.53. The third kappa shape index (κ3) is 4.94. The van der Waals surface area contributed by atoms with Crippen LogP contribution in [0.2, 0.25) is 0 Å². The van der Waals surface area contributed by atoms with Crippen molar-refractivity contribution < 1.29 is 14.3 Å². The fourth-order valence-corrected chi connectivity index (χ4v) is 3.53. The molecule has 0 saturated carbocycles. The van der Waals surface area contributed by atoms with Gasteiger partial charge in [0.2, 0.25) is 5.91 Å². The monoisotopic (exact) mass is 368 g/mol. The summed E-state index contributed by atoms with van der Waals surface area (Å²) in [5.41, 5.74) is 2.18. The number of methoxy groups -OCH3 is 1. The van der Waals surface area contributed by atoms with Crippen LogP contribution < -0.4 is 14.8 Å². The van der Waals surface area contributed by atoms with E-state index in [4.69, 9.17) is 9.47 Å². The van der Waals surface area contributed by atoms with Gasteiger partial charge in [-0.1, -0.05) is 12.1 Å². The molecule has 2 aromatic rings. The van der Waals surface area contributed by atoms with E-state index in [1.807, 2.05) is 48.2 Å². The number of hydrogen-bond donors (Lipinski definition) is 1. The lowest BCUT2D eigenvalue weighted by Gasteiger charge is -2.25. The molecule has 1 heterocycles. The van der Waals surface area contributed by atoms with Gasteiger partial charge >= 0.3 is 0 Å². The molecule has 5 nitrogen and oxygen atoms in total. The Hall–Kier alpha value is -2.69. The highest BCUT2D eigenvalue weighted by Gasteiger charge is 2.29. The standard InChI is InChI=1S/C22H28N2O3/c1-3-27-20-10-6-17(7-11-20)21-5-4-16-24(21)22(25)14-15-23-18-8-12-19(26-2)13-9-18/h6-13,21,23H,3-5,14-16H2,1-2H3/t21-/m0/s1. The summed E-state index contributed by atoms with van der Waals surface area (Å²) in [7, 11) is 1.65. The first kappa shape index (κ1) is 19.1. The van der Waals surface area contributed by atoms with Crippen LogP contribution in [0.4, 0.5) is 5.69 Å². The summed E-state index contributed by atoms with van der Waals surface area (Å²) in [6.45, 7) is 4.09. The van der Waals surface area contributed by atoms with Gasteiger partial charge in [-0.05, 0) is 61.7 Å². The van der Waals surface area contributed by atoms with Crippen molar-refractivity contribution in [3.8, 4) is 11.5 Å². The number of nitrogens with zero attached hydrogens (tertiary/aromatic N) is 1. The van der Waals surface area contributed by atoms with Crippen molar-refractivity contribution in [3.05, 3.63) is 54.1 Å². The van der Waals surface area contributed by atoms with Gasteiger partial charge in [0.1, 0.15) is 11.5 Å². The normalized spacial score (nSPS) is 16.2. The van der Waals surface area contributed by atoms with Crippen molar-refractivity contribution in [2.75, 3.05) is 32.1 Å². The lowest BCUT2D eigenvalue weighted by atomic mass is 10.0. The van der Waals surface area contributed by atoms with E-state index in [0.717, 1.165) is 36.6 Å². The van der Waals surface area contributed by atoms with E-state index >= 15 is 0 Å². The van der Waals surface area contributed by atoms with E-state index in [2.05, 4.69) is 17.4 Å². The van der Waals surface area contributed by atoms with Crippen LogP contribution >= 0.6 is 0 Å². The van der Waals surface area contributed by atoms with E-state index < -0.39 is 0 Å². The quantitative estimate of drug-likeness (QED) is 0.756. The van der Waals surface area contributed by atoms with Crippen LogP contribution in [0.1, 0.15) is 37.8 Å². The van der Waals surface area contributed by atoms with E-state index in [1.165, 1.54) is 5.56 Å². The Morgan fingerprint density at radius 3 is 2.48 bits per heavy atom. The second-order valence-corrected chi connectivity index (χ2v) is 6.65. The van der Waals surface area contributed by atoms with E-state index in [1.54, 1.807) is 7.11 Å². The van der Waals surface area contributed by atoms with Gasteiger partial charge in [-0.15, -0.1) is 0 Å². The smallest absolute Gasteiger partial charge is 0.224 e. The number of hydrogen-bond acceptors (Lipinski definition) is 4. The minimum atomic E-state index is 0.175. The average Bonchev–Trinajstić information content (AvgIpc) is 3.19. The molecule has 1 aliphatic rings. The van der Waals surface area contributed by atoms with Crippen LogP contribution in [0.15, 0.2) is 48.5 Å². The number of benzene rings is 2. The van der Waals surface area contributed by atoms with Gasteiger partial charge in [0.05, 0.1) is 19.8 Å². The number of anilines is 1. The lowest BCUT2D eigenvalue weighted by Crippen LogP contribution is -2.31. The van der Waals surface area contributed by atoms with Crippen molar-refractivity contribution in [1.29, 1.82) is 0 Å². The van der Waals surface area contributed by atoms with Gasteiger partial charge in [-0.2, -0.15) is 0 Å². The molecule has 144 valence electrons. The number of carbonyl (C=O) groups excluding carboxylic acids is 1. The first-order valence-corrected chi connectivity index (χ1v) is 9.61. The van der Waals surface area contributed by atoms with Crippen LogP contribution in [-0.4, -0.2) is 37.6 Å². The number of rotatable bonds is 8. The maximum Gasteiger partial charge on any atom is 0.224 e. The molecule has 1 aliphatic heterocycles. The van der Waals surface area contributed by atoms with E-state index in [0.29, 0.717) is 19.6 Å². The Morgan fingerprint density at radius 1 is 1.11 bits per heavy atom. The van der Waals surface area contributed by atoms with Gasteiger partial charge in [0.25, 0.3) is 0 Å². The Labute approximate surface area is 161 Å². The molecule has 27 heavy (non-hydrogen) atoms. The minimum Gasteiger partial charge on any atom is -0.497 e. The maximum absolute atomic E-state index is 12.7. The minimum absolute atomic E-state index is 0.175. The molecular formula is C22H28N2O3. The summed E-state index contributed by atoms with van der Waals surface area (Å²) < 4.78 is 10.7. The van der Waals surface area contributed by atoms with Gasteiger partial charge < -0.3 is 19.7 Å². The fraction of sp³-hybridized carbons (Fsp3) is 0.409. The molecule has 0 aromatic heterocycles. The molecule has 1 saturated heterocycles. The summed E-state index contributed by atoms with van der Waals surface area (Å²) in [6, 6.07) is 16.1. The molecular weight excluding hydrogens is 340 g/mol. The highest BCUT2D eigenvalue weighted by molar-refractivity contribution is 5.77. The number of nitrogens with one attached hydrogen (secondary N) is 1. The Morgan fingerprint density at radius 2 is 1.81 bits per heavy atom. The van der Waals surface area contributed by atoms with Gasteiger partial charge in [-0.25, -0.2) is 0 Å². The molecule has 0 radical (unpaired) electrons. The van der Waals surface area contributed by atoms with Crippen LogP contribution in [0.5, 0.6) is 11.5 Å². The van der Waals surface area contributed by atoms with Crippen LogP contribution in [0, 0.1) is 0 Å². The first-order valence-electron chi connectivity index (χ1n) is 9.61. The highest BCUT2D eigenvalue weighted by Crippen LogP contribution is 2.33. The topological polar surface area (TPSA) is 50.8 Å². The second-order valence-electron chi connectivity index (χ2n) is 6.65. The molecule has 1 amide bonds. The third-order valence-corrected chi connectivity index (χ3v) is 4.91. The molecule has 1 fully saturated rings. The molecule has 0 aliphatic carbocycles. The van der Waals surface area contributed by atoms with Crippen molar-refractivity contribution in [2.24, 2.45) is 0 Å². The van der Waals surface area contributed by atoms with Gasteiger partial charge in [-0.3, -0.25) is 4.79 Å². The lowest BCUT2D eigenvalue weighted by molar-refractivity contribution is -0.131. The number of amides is 1. The maximum atomic E-state index is 12.7. The molecule has 0 unspecified atom stereocenters. The fourth-order valence-electron chi connectivity index (χ4n) is 3.53. The number of likely N-dealkylation sites (tertiary alicyclic amines) is 1. The predicted molar refractivity (Wildman–Crippen MR) is 107 cm³/mol. The van der Waals surface area contributed by atoms with Gasteiger partial charge in [0.15, 0.2) is 0 Å². The zero-order valence-corrected chi connectivity index (χ0v) is 16.1. The predicted octanol–water partition coefficient (Wildman–Crippen LogP) is 4.26. The van der Waals surface area contributed by atoms with Gasteiger partial charge in [0, 0.05) is 25.2 Å². The zero-order chi connectivity index (χ0) is 19.1. The number of ether oxygens (including phenoxy) is 2. The molecule has 2 aromatic carbocycles. The summed E-state index contributed by atoms with van der Waals surface area (Å²) >= 11 is 0. The molecule has 1 atom stereocenters. The van der Waals surface area contributed by atoms with Crippen molar-refractivity contribution in [2.45, 2.75) is 32.2 Å². The summed E-state index contributed by atoms with van der Waals surface area (Å²) in [4.78, 5) is 14.7. The zero-order valence-electron chi connectivity index (χ0n) is 16.1. The van der Waals surface area contributed by atoms with Crippen LogP contribution in [0.25, 0.3) is 0 Å². The van der Waals surface area contributed by atoms with Crippen LogP contribution in [0.3, 0.4) is 0 Å². The average molecular weight is 368 g/mol. The first-order chi connectivity index (χ1) is 13.2. The highest BCUT2D eigenvalue weighted by atomic mass is 16.5. The summed E-state index contributed by atoms with van der Waals surface area (Å²) in [5, 5.41) is 3.31. The van der Waals surface area contributed by atoms with E-state index in [-0.39, 0.29) is 11.9 Å². The molecule has 0 bridgehead atoms. The largest absolute Gasteiger partial charge is 0.497 e. The van der Waals surface area contributed by atoms with Crippen molar-refractivity contribution in [3.63, 3.8) is 0 Å². The van der Waals surface area contributed by atoms with Crippen LogP contribution in [-0.2, 0) is 4.79 Å². The summed E-state index contributed by atoms with van der Waals surface area (Å²) in [5.74, 6) is 1.90.